The third-order valence-corrected chi connectivity index (χ3v) is 4.25. The number of anilines is 1. The van der Waals surface area contributed by atoms with Gasteiger partial charge in [0.25, 0.3) is 6.43 Å². The van der Waals surface area contributed by atoms with Crippen molar-refractivity contribution in [2.45, 2.75) is 31.4 Å². The van der Waals surface area contributed by atoms with Crippen molar-refractivity contribution in [3.8, 4) is 0 Å². The van der Waals surface area contributed by atoms with Crippen molar-refractivity contribution >= 4 is 11.7 Å². The minimum absolute atomic E-state index is 0.104. The molecule has 1 aliphatic heterocycles. The molecule has 0 radical (unpaired) electrons. The van der Waals surface area contributed by atoms with Crippen LogP contribution in [0.1, 0.15) is 36.6 Å². The fourth-order valence-corrected chi connectivity index (χ4v) is 2.98. The van der Waals surface area contributed by atoms with Crippen LogP contribution in [0, 0.1) is 0 Å². The molecule has 134 valence electrons. The summed E-state index contributed by atoms with van der Waals surface area (Å²) in [7, 11) is 1.84. The summed E-state index contributed by atoms with van der Waals surface area (Å²) in [6.45, 7) is 0.508. The Hall–Kier alpha value is -2.48. The van der Waals surface area contributed by atoms with E-state index in [-0.39, 0.29) is 23.4 Å². The average molecular weight is 350 g/mol. The molecule has 2 N–H and O–H groups in total. The van der Waals surface area contributed by atoms with Gasteiger partial charge in [0.05, 0.1) is 11.4 Å². The molecule has 1 fully saturated rings. The number of carbonyl (C=O) groups excluding carboxylic acids is 1. The molecule has 25 heavy (non-hydrogen) atoms. The Morgan fingerprint density at radius 1 is 1.36 bits per heavy atom. The van der Waals surface area contributed by atoms with Gasteiger partial charge in [0.15, 0.2) is 0 Å². The van der Waals surface area contributed by atoms with Gasteiger partial charge in [-0.3, -0.25) is 4.68 Å². The molecule has 2 atom stereocenters. The molecule has 2 aromatic rings. The van der Waals surface area contributed by atoms with Crippen molar-refractivity contribution in [1.82, 2.24) is 15.1 Å². The fourth-order valence-electron chi connectivity index (χ4n) is 2.98. The third-order valence-electron chi connectivity index (χ3n) is 4.25. The topological polar surface area (TPSA) is 68.2 Å². The second kappa shape index (κ2) is 7.60. The standard InChI is InChI=1S/C17H20F2N4O2/c1-23-14(6-8-20-23)15-10-11(7-9-25-15)21-17(24)22-13-5-3-2-4-12(13)16(18)19/h2-6,8,11,15-16H,7,9-10H2,1H3,(H2,21,22,24). The van der Waals surface area contributed by atoms with Crippen molar-refractivity contribution in [3.05, 3.63) is 47.8 Å². The number of alkyl halides is 2. The largest absolute Gasteiger partial charge is 0.372 e. The first-order valence-electron chi connectivity index (χ1n) is 8.08. The number of nitrogens with one attached hydrogen (secondary N) is 2. The first kappa shape index (κ1) is 17.3. The van der Waals surface area contributed by atoms with Gasteiger partial charge in [-0.15, -0.1) is 0 Å². The molecule has 0 aliphatic carbocycles. The lowest BCUT2D eigenvalue weighted by Gasteiger charge is -2.30. The molecule has 0 bridgehead atoms. The summed E-state index contributed by atoms with van der Waals surface area (Å²) in [6, 6.07) is 7.16. The number of hydrogen-bond acceptors (Lipinski definition) is 3. The predicted molar refractivity (Wildman–Crippen MR) is 88.5 cm³/mol. The highest BCUT2D eigenvalue weighted by atomic mass is 19.3. The molecular weight excluding hydrogens is 330 g/mol. The Morgan fingerprint density at radius 3 is 2.88 bits per heavy atom. The lowest BCUT2D eigenvalue weighted by atomic mass is 10.0. The van der Waals surface area contributed by atoms with E-state index in [4.69, 9.17) is 4.74 Å². The molecular formula is C17H20F2N4O2. The Balaban J connectivity index is 1.61. The van der Waals surface area contributed by atoms with E-state index >= 15 is 0 Å². The summed E-state index contributed by atoms with van der Waals surface area (Å²) in [6.07, 6.45) is 0.166. The highest BCUT2D eigenvalue weighted by Gasteiger charge is 2.27. The van der Waals surface area contributed by atoms with Crippen LogP contribution in [0.2, 0.25) is 0 Å². The summed E-state index contributed by atoms with van der Waals surface area (Å²) in [4.78, 5) is 12.2. The van der Waals surface area contributed by atoms with Crippen LogP contribution in [0.3, 0.4) is 0 Å². The third kappa shape index (κ3) is 4.14. The number of amides is 2. The molecule has 1 aliphatic rings. The van der Waals surface area contributed by atoms with Crippen LogP contribution in [-0.4, -0.2) is 28.5 Å². The maximum Gasteiger partial charge on any atom is 0.319 e. The number of rotatable bonds is 4. The summed E-state index contributed by atoms with van der Waals surface area (Å²) in [5, 5.41) is 9.48. The monoisotopic (exact) mass is 350 g/mol. The fraction of sp³-hybridized carbons (Fsp3) is 0.412. The number of halogens is 2. The molecule has 2 amide bonds. The SMILES string of the molecule is Cn1nccc1C1CC(NC(=O)Nc2ccccc2C(F)F)CCO1. The Labute approximate surface area is 144 Å². The van der Waals surface area contributed by atoms with E-state index < -0.39 is 12.5 Å². The number of benzene rings is 1. The molecule has 0 spiro atoms. The molecule has 1 saturated heterocycles. The zero-order valence-corrected chi connectivity index (χ0v) is 13.8. The van der Waals surface area contributed by atoms with Gasteiger partial charge in [-0.2, -0.15) is 5.10 Å². The number of urea groups is 1. The first-order chi connectivity index (χ1) is 12.0. The molecule has 1 aromatic heterocycles. The maximum atomic E-state index is 13.0. The number of ether oxygens (including phenoxy) is 1. The minimum Gasteiger partial charge on any atom is -0.372 e. The van der Waals surface area contributed by atoms with E-state index in [1.807, 2.05) is 13.1 Å². The van der Waals surface area contributed by atoms with Crippen molar-refractivity contribution in [3.63, 3.8) is 0 Å². The zero-order chi connectivity index (χ0) is 17.8. The van der Waals surface area contributed by atoms with Gasteiger partial charge >= 0.3 is 6.03 Å². The Morgan fingerprint density at radius 2 is 2.16 bits per heavy atom. The molecule has 3 rings (SSSR count). The quantitative estimate of drug-likeness (QED) is 0.888. The van der Waals surface area contributed by atoms with Crippen molar-refractivity contribution in [1.29, 1.82) is 0 Å². The maximum absolute atomic E-state index is 13.0. The van der Waals surface area contributed by atoms with Gasteiger partial charge in [0.2, 0.25) is 0 Å². The van der Waals surface area contributed by atoms with Crippen molar-refractivity contribution < 1.29 is 18.3 Å². The van der Waals surface area contributed by atoms with Crippen LogP contribution in [0.25, 0.3) is 0 Å². The number of para-hydroxylation sites is 1. The van der Waals surface area contributed by atoms with E-state index in [0.717, 1.165) is 5.69 Å². The summed E-state index contributed by atoms with van der Waals surface area (Å²) >= 11 is 0. The van der Waals surface area contributed by atoms with Gasteiger partial charge < -0.3 is 15.4 Å². The van der Waals surface area contributed by atoms with E-state index in [1.165, 1.54) is 18.2 Å². The smallest absolute Gasteiger partial charge is 0.319 e. The van der Waals surface area contributed by atoms with Gasteiger partial charge in [-0.05, 0) is 25.0 Å². The predicted octanol–water partition coefficient (Wildman–Crippen LogP) is 3.40. The van der Waals surface area contributed by atoms with Crippen LogP contribution in [0.5, 0.6) is 0 Å². The Kier molecular flexibility index (Phi) is 5.28. The van der Waals surface area contributed by atoms with Gasteiger partial charge in [0.1, 0.15) is 6.10 Å². The van der Waals surface area contributed by atoms with E-state index in [0.29, 0.717) is 19.4 Å². The molecule has 2 unspecified atom stereocenters. The highest BCUT2D eigenvalue weighted by molar-refractivity contribution is 5.90. The van der Waals surface area contributed by atoms with Crippen LogP contribution in [-0.2, 0) is 11.8 Å². The lowest BCUT2D eigenvalue weighted by molar-refractivity contribution is -0.00204. The van der Waals surface area contributed by atoms with Crippen LogP contribution < -0.4 is 10.6 Å². The van der Waals surface area contributed by atoms with Crippen molar-refractivity contribution in [2.75, 3.05) is 11.9 Å². The second-order valence-corrected chi connectivity index (χ2v) is 5.95. The lowest BCUT2D eigenvalue weighted by Crippen LogP contribution is -2.42. The number of nitrogens with zero attached hydrogens (tertiary/aromatic N) is 2. The average Bonchev–Trinajstić information content (AvgIpc) is 3.01. The number of aryl methyl sites for hydroxylation is 1. The Bertz CT molecular complexity index is 735. The number of carbonyl (C=O) groups is 1. The van der Waals surface area contributed by atoms with Gasteiger partial charge in [-0.25, -0.2) is 13.6 Å². The summed E-state index contributed by atoms with van der Waals surface area (Å²) in [5.41, 5.74) is 0.859. The second-order valence-electron chi connectivity index (χ2n) is 5.95. The molecule has 2 heterocycles. The van der Waals surface area contributed by atoms with E-state index in [9.17, 15) is 13.6 Å². The normalized spacial score (nSPS) is 20.5. The number of hydrogen-bond donors (Lipinski definition) is 2. The number of aromatic nitrogens is 2. The van der Waals surface area contributed by atoms with Gasteiger partial charge in [-0.1, -0.05) is 18.2 Å². The van der Waals surface area contributed by atoms with Crippen molar-refractivity contribution in [2.24, 2.45) is 7.05 Å². The molecule has 6 nitrogen and oxygen atoms in total. The van der Waals surface area contributed by atoms with Crippen LogP contribution in [0.15, 0.2) is 36.5 Å². The summed E-state index contributed by atoms with van der Waals surface area (Å²) < 4.78 is 33.5. The highest BCUT2D eigenvalue weighted by Crippen LogP contribution is 2.28. The van der Waals surface area contributed by atoms with Gasteiger partial charge in [0, 0.05) is 31.5 Å². The van der Waals surface area contributed by atoms with Crippen LogP contribution >= 0.6 is 0 Å². The summed E-state index contributed by atoms with van der Waals surface area (Å²) in [5.74, 6) is 0. The van der Waals surface area contributed by atoms with Crippen LogP contribution in [0.4, 0.5) is 19.3 Å². The first-order valence-corrected chi connectivity index (χ1v) is 8.08. The van der Waals surface area contributed by atoms with E-state index in [2.05, 4.69) is 15.7 Å². The zero-order valence-electron chi connectivity index (χ0n) is 13.8. The minimum atomic E-state index is -2.64. The molecule has 8 heteroatoms. The molecule has 0 saturated carbocycles. The molecule has 1 aromatic carbocycles. The van der Waals surface area contributed by atoms with E-state index in [1.54, 1.807) is 16.9 Å².